The molecule has 0 unspecified atom stereocenters. The first-order chi connectivity index (χ1) is 10.8. The number of hydrogen-bond donors (Lipinski definition) is 3. The highest BCUT2D eigenvalue weighted by molar-refractivity contribution is 5.95. The fourth-order valence-corrected chi connectivity index (χ4v) is 1.74. The fraction of sp³-hybridized carbons (Fsp3) is 0.529. The molecule has 2 amide bonds. The number of benzene rings is 1. The summed E-state index contributed by atoms with van der Waals surface area (Å²) in [4.78, 5) is 23.5. The lowest BCUT2D eigenvalue weighted by Gasteiger charge is -2.15. The van der Waals surface area contributed by atoms with E-state index in [1.54, 1.807) is 12.1 Å². The zero-order valence-electron chi connectivity index (χ0n) is 14.7. The number of hydrogen-bond acceptors (Lipinski definition) is 4. The van der Waals surface area contributed by atoms with Crippen molar-refractivity contribution in [2.75, 3.05) is 11.9 Å². The number of rotatable bonds is 8. The summed E-state index contributed by atoms with van der Waals surface area (Å²) in [5, 5.41) is 5.25. The minimum atomic E-state index is -0.608. The van der Waals surface area contributed by atoms with E-state index in [9.17, 15) is 9.59 Å². The molecule has 7 heteroatoms. The molecule has 1 aromatic rings. The molecule has 0 aliphatic rings. The second-order valence-electron chi connectivity index (χ2n) is 6.09. The van der Waals surface area contributed by atoms with Crippen LogP contribution in [0.4, 0.5) is 5.69 Å². The molecule has 0 saturated carbocycles. The van der Waals surface area contributed by atoms with Crippen LogP contribution in [0, 0.1) is 5.92 Å². The third kappa shape index (κ3) is 8.29. The van der Waals surface area contributed by atoms with E-state index in [0.29, 0.717) is 12.3 Å². The average Bonchev–Trinajstić information content (AvgIpc) is 2.51. The Morgan fingerprint density at radius 2 is 1.71 bits per heavy atom. The maximum atomic E-state index is 11.8. The van der Waals surface area contributed by atoms with Crippen molar-refractivity contribution in [3.05, 3.63) is 29.8 Å². The Morgan fingerprint density at radius 3 is 2.21 bits per heavy atom. The molecule has 0 aliphatic heterocycles. The lowest BCUT2D eigenvalue weighted by molar-refractivity contribution is -0.125. The molecule has 0 bridgehead atoms. The highest BCUT2D eigenvalue weighted by Gasteiger charge is 2.17. The van der Waals surface area contributed by atoms with Gasteiger partial charge in [0.05, 0.1) is 25.3 Å². The molecule has 6 nitrogen and oxygen atoms in total. The number of carbonyl (C=O) groups excluding carboxylic acids is 2. The van der Waals surface area contributed by atoms with Gasteiger partial charge in [0.15, 0.2) is 0 Å². The van der Waals surface area contributed by atoms with Crippen LogP contribution < -0.4 is 16.4 Å². The molecular weight excluding hydrogens is 330 g/mol. The number of anilines is 1. The summed E-state index contributed by atoms with van der Waals surface area (Å²) in [6.07, 6.45) is 0.176. The molecule has 4 N–H and O–H groups in total. The molecule has 0 spiro atoms. The van der Waals surface area contributed by atoms with Crippen molar-refractivity contribution in [2.24, 2.45) is 11.7 Å². The smallest absolute Gasteiger partial charge is 0.243 e. The van der Waals surface area contributed by atoms with Gasteiger partial charge >= 0.3 is 0 Å². The second kappa shape index (κ2) is 11.0. The van der Waals surface area contributed by atoms with Crippen LogP contribution in [-0.4, -0.2) is 30.5 Å². The quantitative estimate of drug-likeness (QED) is 0.664. The van der Waals surface area contributed by atoms with Crippen LogP contribution >= 0.6 is 12.4 Å². The first-order valence-corrected chi connectivity index (χ1v) is 7.83. The molecule has 1 rings (SSSR count). The van der Waals surface area contributed by atoms with Gasteiger partial charge < -0.3 is 21.1 Å². The molecule has 0 aliphatic carbocycles. The van der Waals surface area contributed by atoms with Gasteiger partial charge in [0.2, 0.25) is 11.8 Å². The Hall–Kier alpha value is -1.63. The highest BCUT2D eigenvalue weighted by atomic mass is 35.5. The van der Waals surface area contributed by atoms with Crippen molar-refractivity contribution < 1.29 is 14.3 Å². The normalized spacial score (nSPS) is 11.8. The number of ether oxygens (including phenoxy) is 1. The summed E-state index contributed by atoms with van der Waals surface area (Å²) in [7, 11) is 0. The molecule has 0 aromatic heterocycles. The summed E-state index contributed by atoms with van der Waals surface area (Å²) in [5.41, 5.74) is 7.42. The van der Waals surface area contributed by atoms with Gasteiger partial charge in [0.1, 0.15) is 0 Å². The van der Waals surface area contributed by atoms with Crippen molar-refractivity contribution >= 4 is 29.9 Å². The highest BCUT2D eigenvalue weighted by Crippen LogP contribution is 2.11. The predicted molar refractivity (Wildman–Crippen MR) is 98.1 cm³/mol. The standard InChI is InChI=1S/C17H27N3O3.ClH/c1-11(2)16(18)17(22)19-9-15(21)20-14-7-5-13(6-8-14)10-23-12(3)4;/h5-8,11-12,16H,9-10,18H2,1-4H3,(H,19,22)(H,20,21);1H/t16-;/m0./s1. The Labute approximate surface area is 149 Å². The Kier molecular flexibility index (Phi) is 10.3. The van der Waals surface area contributed by atoms with E-state index in [0.717, 1.165) is 5.56 Å². The maximum Gasteiger partial charge on any atom is 0.243 e. The number of halogens is 1. The number of amides is 2. The largest absolute Gasteiger partial charge is 0.374 e. The van der Waals surface area contributed by atoms with Crippen molar-refractivity contribution in [3.8, 4) is 0 Å². The number of nitrogens with two attached hydrogens (primary N) is 1. The maximum absolute atomic E-state index is 11.8. The van der Waals surface area contributed by atoms with Crippen molar-refractivity contribution in [2.45, 2.75) is 46.4 Å². The predicted octanol–water partition coefficient (Wildman–Crippen LogP) is 2.07. The topological polar surface area (TPSA) is 93.5 Å². The zero-order chi connectivity index (χ0) is 17.4. The minimum absolute atomic E-state index is 0. The zero-order valence-corrected chi connectivity index (χ0v) is 15.5. The van der Waals surface area contributed by atoms with Crippen LogP contribution in [0.1, 0.15) is 33.3 Å². The van der Waals surface area contributed by atoms with Crippen LogP contribution in [0.5, 0.6) is 0 Å². The molecule has 1 atom stereocenters. The summed E-state index contributed by atoms with van der Waals surface area (Å²) < 4.78 is 5.51. The Balaban J connectivity index is 0.00000529. The monoisotopic (exact) mass is 357 g/mol. The van der Waals surface area contributed by atoms with Gasteiger partial charge in [-0.05, 0) is 37.5 Å². The number of nitrogens with one attached hydrogen (secondary N) is 2. The summed E-state index contributed by atoms with van der Waals surface area (Å²) in [5.74, 6) is -0.588. The van der Waals surface area contributed by atoms with Crippen LogP contribution in [0.25, 0.3) is 0 Å². The van der Waals surface area contributed by atoms with Gasteiger partial charge in [-0.15, -0.1) is 12.4 Å². The van der Waals surface area contributed by atoms with Crippen LogP contribution in [-0.2, 0) is 20.9 Å². The van der Waals surface area contributed by atoms with E-state index < -0.39 is 6.04 Å². The van der Waals surface area contributed by atoms with Gasteiger partial charge in [-0.3, -0.25) is 9.59 Å². The first kappa shape index (κ1) is 22.4. The van der Waals surface area contributed by atoms with Crippen molar-refractivity contribution in [3.63, 3.8) is 0 Å². The fourth-order valence-electron chi connectivity index (χ4n) is 1.74. The van der Waals surface area contributed by atoms with E-state index in [1.807, 2.05) is 39.8 Å². The van der Waals surface area contributed by atoms with Gasteiger partial charge in [-0.25, -0.2) is 0 Å². The lowest BCUT2D eigenvalue weighted by atomic mass is 10.1. The van der Waals surface area contributed by atoms with Gasteiger partial charge in [-0.1, -0.05) is 26.0 Å². The summed E-state index contributed by atoms with van der Waals surface area (Å²) in [6, 6.07) is 6.79. The van der Waals surface area contributed by atoms with E-state index in [1.165, 1.54) is 0 Å². The minimum Gasteiger partial charge on any atom is -0.374 e. The summed E-state index contributed by atoms with van der Waals surface area (Å²) >= 11 is 0. The Bertz CT molecular complexity index is 518. The summed E-state index contributed by atoms with van der Waals surface area (Å²) in [6.45, 7) is 8.11. The number of carbonyl (C=O) groups is 2. The average molecular weight is 358 g/mol. The Morgan fingerprint density at radius 1 is 1.12 bits per heavy atom. The third-order valence-corrected chi connectivity index (χ3v) is 3.27. The van der Waals surface area contributed by atoms with Crippen LogP contribution in [0.2, 0.25) is 0 Å². The van der Waals surface area contributed by atoms with Gasteiger partial charge in [0.25, 0.3) is 0 Å². The van der Waals surface area contributed by atoms with Crippen molar-refractivity contribution in [1.29, 1.82) is 0 Å². The molecule has 0 fully saturated rings. The third-order valence-electron chi connectivity index (χ3n) is 3.27. The molecule has 0 saturated heterocycles. The molecular formula is C17H28ClN3O3. The molecule has 24 heavy (non-hydrogen) atoms. The van der Waals surface area contributed by atoms with Gasteiger partial charge in [-0.2, -0.15) is 0 Å². The van der Waals surface area contributed by atoms with Gasteiger partial charge in [0, 0.05) is 5.69 Å². The van der Waals surface area contributed by atoms with E-state index in [-0.39, 0.29) is 42.8 Å². The first-order valence-electron chi connectivity index (χ1n) is 7.83. The SMILES string of the molecule is CC(C)OCc1ccc(NC(=O)CNC(=O)[C@@H](N)C(C)C)cc1.Cl. The molecule has 0 radical (unpaired) electrons. The van der Waals surface area contributed by atoms with E-state index >= 15 is 0 Å². The van der Waals surface area contributed by atoms with E-state index in [2.05, 4.69) is 10.6 Å². The second-order valence-corrected chi connectivity index (χ2v) is 6.09. The molecule has 0 heterocycles. The molecule has 136 valence electrons. The molecule has 1 aromatic carbocycles. The van der Waals surface area contributed by atoms with E-state index in [4.69, 9.17) is 10.5 Å². The lowest BCUT2D eigenvalue weighted by Crippen LogP contribution is -2.46. The van der Waals surface area contributed by atoms with Crippen LogP contribution in [0.15, 0.2) is 24.3 Å². The van der Waals surface area contributed by atoms with Crippen LogP contribution in [0.3, 0.4) is 0 Å². The van der Waals surface area contributed by atoms with Crippen molar-refractivity contribution in [1.82, 2.24) is 5.32 Å².